The lowest BCUT2D eigenvalue weighted by Crippen LogP contribution is -2.33. The van der Waals surface area contributed by atoms with Crippen LogP contribution in [0.15, 0.2) is 0 Å². The summed E-state index contributed by atoms with van der Waals surface area (Å²) in [7, 11) is 0. The first kappa shape index (κ1) is 11.4. The number of hydrogen-bond acceptors (Lipinski definition) is 2. The van der Waals surface area contributed by atoms with Crippen LogP contribution < -0.4 is 5.32 Å². The molecule has 1 saturated heterocycles. The van der Waals surface area contributed by atoms with E-state index >= 15 is 0 Å². The Morgan fingerprint density at radius 3 is 2.40 bits per heavy atom. The summed E-state index contributed by atoms with van der Waals surface area (Å²) in [6.45, 7) is 3.22. The highest BCUT2D eigenvalue weighted by Gasteiger charge is 2.15. The van der Waals surface area contributed by atoms with Gasteiger partial charge >= 0.3 is 0 Å². The smallest absolute Gasteiger partial charge is 0.0468 e. The van der Waals surface area contributed by atoms with Crippen LogP contribution in [0.5, 0.6) is 0 Å². The van der Waals surface area contributed by atoms with Crippen LogP contribution in [-0.2, 0) is 4.74 Å². The zero-order valence-electron chi connectivity index (χ0n) is 9.84. The van der Waals surface area contributed by atoms with Gasteiger partial charge in [0, 0.05) is 19.3 Å². The van der Waals surface area contributed by atoms with Gasteiger partial charge in [0.05, 0.1) is 0 Å². The minimum atomic E-state index is 0.832. The van der Waals surface area contributed by atoms with Crippen LogP contribution in [0.25, 0.3) is 0 Å². The Hall–Kier alpha value is -0.0800. The van der Waals surface area contributed by atoms with Crippen LogP contribution in [0.3, 0.4) is 0 Å². The molecule has 1 aliphatic carbocycles. The molecule has 1 aliphatic heterocycles. The molecule has 1 saturated carbocycles. The minimum Gasteiger partial charge on any atom is -0.381 e. The van der Waals surface area contributed by atoms with Gasteiger partial charge in [-0.2, -0.15) is 0 Å². The van der Waals surface area contributed by atoms with Gasteiger partial charge in [-0.15, -0.1) is 0 Å². The number of ether oxygens (including phenoxy) is 1. The molecule has 15 heavy (non-hydrogen) atoms. The van der Waals surface area contributed by atoms with Gasteiger partial charge in [-0.25, -0.2) is 0 Å². The van der Waals surface area contributed by atoms with Crippen molar-refractivity contribution in [1.29, 1.82) is 0 Å². The maximum Gasteiger partial charge on any atom is 0.0468 e. The summed E-state index contributed by atoms with van der Waals surface area (Å²) in [6.07, 6.45) is 11.1. The van der Waals surface area contributed by atoms with E-state index in [1.54, 1.807) is 0 Å². The molecule has 2 heteroatoms. The molecule has 0 radical (unpaired) electrons. The van der Waals surface area contributed by atoms with Crippen molar-refractivity contribution in [2.75, 3.05) is 19.8 Å². The fourth-order valence-corrected chi connectivity index (χ4v) is 2.83. The van der Waals surface area contributed by atoms with Gasteiger partial charge in [-0.3, -0.25) is 0 Å². The predicted octanol–water partition coefficient (Wildman–Crippen LogP) is 2.73. The molecule has 0 unspecified atom stereocenters. The van der Waals surface area contributed by atoms with Crippen molar-refractivity contribution >= 4 is 0 Å². The lowest BCUT2D eigenvalue weighted by molar-refractivity contribution is 0.0636. The Kier molecular flexibility index (Phi) is 4.94. The second-order valence-electron chi connectivity index (χ2n) is 5.13. The van der Waals surface area contributed by atoms with Crippen LogP contribution in [-0.4, -0.2) is 25.8 Å². The van der Waals surface area contributed by atoms with Crippen molar-refractivity contribution in [3.63, 3.8) is 0 Å². The first-order valence-electron chi connectivity index (χ1n) is 6.76. The van der Waals surface area contributed by atoms with E-state index in [1.165, 1.54) is 57.9 Å². The van der Waals surface area contributed by atoms with E-state index in [9.17, 15) is 0 Å². The summed E-state index contributed by atoms with van der Waals surface area (Å²) in [5.74, 6) is 0.926. The highest BCUT2D eigenvalue weighted by molar-refractivity contribution is 4.73. The van der Waals surface area contributed by atoms with E-state index in [1.807, 2.05) is 0 Å². The molecule has 88 valence electrons. The largest absolute Gasteiger partial charge is 0.381 e. The maximum atomic E-state index is 5.38. The molecule has 0 aromatic rings. The highest BCUT2D eigenvalue weighted by atomic mass is 16.5. The molecule has 0 bridgehead atoms. The summed E-state index contributed by atoms with van der Waals surface area (Å²) >= 11 is 0. The first-order chi connectivity index (χ1) is 7.45. The van der Waals surface area contributed by atoms with Crippen LogP contribution in [0, 0.1) is 5.92 Å². The molecule has 1 heterocycles. The summed E-state index contributed by atoms with van der Waals surface area (Å²) in [6, 6.07) is 0.832. The molecular weight excluding hydrogens is 186 g/mol. The van der Waals surface area contributed by atoms with Crippen molar-refractivity contribution in [1.82, 2.24) is 5.32 Å². The molecular formula is C13H25NO. The SMILES string of the molecule is C1CCC(NCCC2CCOCC2)CC1. The van der Waals surface area contributed by atoms with Gasteiger partial charge in [0.15, 0.2) is 0 Å². The minimum absolute atomic E-state index is 0.832. The average molecular weight is 211 g/mol. The topological polar surface area (TPSA) is 21.3 Å². The molecule has 2 nitrogen and oxygen atoms in total. The third kappa shape index (κ3) is 4.12. The van der Waals surface area contributed by atoms with Gasteiger partial charge in [-0.05, 0) is 44.6 Å². The van der Waals surface area contributed by atoms with Crippen molar-refractivity contribution in [2.45, 2.75) is 57.4 Å². The first-order valence-corrected chi connectivity index (χ1v) is 6.76. The van der Waals surface area contributed by atoms with E-state index in [4.69, 9.17) is 4.74 Å². The third-order valence-electron chi connectivity index (χ3n) is 3.93. The Morgan fingerprint density at radius 2 is 1.67 bits per heavy atom. The standard InChI is InChI=1S/C13H25NO/c1-2-4-13(5-3-1)14-9-6-12-7-10-15-11-8-12/h12-14H,1-11H2. The number of nitrogens with one attached hydrogen (secondary N) is 1. The fraction of sp³-hybridized carbons (Fsp3) is 1.00. The summed E-state index contributed by atoms with van der Waals surface area (Å²) in [4.78, 5) is 0. The van der Waals surface area contributed by atoms with E-state index < -0.39 is 0 Å². The zero-order chi connectivity index (χ0) is 10.3. The maximum absolute atomic E-state index is 5.38. The second-order valence-corrected chi connectivity index (χ2v) is 5.13. The van der Waals surface area contributed by atoms with Crippen molar-refractivity contribution < 1.29 is 4.74 Å². The molecule has 0 amide bonds. The van der Waals surface area contributed by atoms with Gasteiger partial charge < -0.3 is 10.1 Å². The predicted molar refractivity (Wildman–Crippen MR) is 63.0 cm³/mol. The molecule has 2 aliphatic rings. The number of rotatable bonds is 4. The Bertz CT molecular complexity index is 142. The Morgan fingerprint density at radius 1 is 0.933 bits per heavy atom. The average Bonchev–Trinajstić information content (AvgIpc) is 2.32. The molecule has 0 atom stereocenters. The molecule has 0 spiro atoms. The second kappa shape index (κ2) is 6.49. The van der Waals surface area contributed by atoms with Crippen LogP contribution in [0.4, 0.5) is 0 Å². The monoisotopic (exact) mass is 211 g/mol. The van der Waals surface area contributed by atoms with Crippen LogP contribution in [0.2, 0.25) is 0 Å². The molecule has 0 aromatic carbocycles. The van der Waals surface area contributed by atoms with Gasteiger partial charge in [0.25, 0.3) is 0 Å². The summed E-state index contributed by atoms with van der Waals surface area (Å²) in [5, 5.41) is 3.73. The quantitative estimate of drug-likeness (QED) is 0.772. The van der Waals surface area contributed by atoms with Crippen molar-refractivity contribution in [3.8, 4) is 0 Å². The zero-order valence-corrected chi connectivity index (χ0v) is 9.84. The van der Waals surface area contributed by atoms with Gasteiger partial charge in [0.1, 0.15) is 0 Å². The summed E-state index contributed by atoms with van der Waals surface area (Å²) in [5.41, 5.74) is 0. The van der Waals surface area contributed by atoms with E-state index in [2.05, 4.69) is 5.32 Å². The fourth-order valence-electron chi connectivity index (χ4n) is 2.83. The van der Waals surface area contributed by atoms with Crippen LogP contribution >= 0.6 is 0 Å². The van der Waals surface area contributed by atoms with E-state index in [0.29, 0.717) is 0 Å². The lowest BCUT2D eigenvalue weighted by atomic mass is 9.94. The molecule has 2 fully saturated rings. The lowest BCUT2D eigenvalue weighted by Gasteiger charge is -2.25. The van der Waals surface area contributed by atoms with E-state index in [-0.39, 0.29) is 0 Å². The normalized spacial score (nSPS) is 25.6. The highest BCUT2D eigenvalue weighted by Crippen LogP contribution is 2.20. The van der Waals surface area contributed by atoms with E-state index in [0.717, 1.165) is 25.2 Å². The Labute approximate surface area is 93.8 Å². The molecule has 1 N–H and O–H groups in total. The Balaban J connectivity index is 1.53. The van der Waals surface area contributed by atoms with Gasteiger partial charge in [-0.1, -0.05) is 19.3 Å². The third-order valence-corrected chi connectivity index (χ3v) is 3.93. The molecule has 0 aromatic heterocycles. The van der Waals surface area contributed by atoms with Gasteiger partial charge in [0.2, 0.25) is 0 Å². The van der Waals surface area contributed by atoms with Crippen LogP contribution in [0.1, 0.15) is 51.4 Å². The summed E-state index contributed by atoms with van der Waals surface area (Å²) < 4.78 is 5.38. The van der Waals surface area contributed by atoms with Crippen molar-refractivity contribution in [2.24, 2.45) is 5.92 Å². The molecule has 2 rings (SSSR count). The van der Waals surface area contributed by atoms with Crippen molar-refractivity contribution in [3.05, 3.63) is 0 Å². The number of hydrogen-bond donors (Lipinski definition) is 1.